The average Bonchev–Trinajstić information content (AvgIpc) is 2.69. The standard InChI is InChI=1S/C13H17FN4/c1-17(9-13-16-5-6-18(13)2)8-10-3-4-11(14)7-12(10)15/h3-7H,8-9,15H2,1-2H3. The van der Waals surface area contributed by atoms with Gasteiger partial charge in [-0.2, -0.15) is 0 Å². The molecule has 1 aromatic heterocycles. The Balaban J connectivity index is 2.03. The Morgan fingerprint density at radius 2 is 2.17 bits per heavy atom. The lowest BCUT2D eigenvalue weighted by Gasteiger charge is -2.17. The van der Waals surface area contributed by atoms with Crippen LogP contribution in [0, 0.1) is 5.82 Å². The Morgan fingerprint density at radius 3 is 2.78 bits per heavy atom. The fourth-order valence-electron chi connectivity index (χ4n) is 1.85. The van der Waals surface area contributed by atoms with E-state index in [0.29, 0.717) is 12.2 Å². The van der Waals surface area contributed by atoms with Crippen molar-refractivity contribution in [2.75, 3.05) is 12.8 Å². The van der Waals surface area contributed by atoms with E-state index >= 15 is 0 Å². The number of nitrogen functional groups attached to an aromatic ring is 1. The number of aryl methyl sites for hydroxylation is 1. The third kappa shape index (κ3) is 2.87. The molecule has 0 amide bonds. The van der Waals surface area contributed by atoms with Gasteiger partial charge in [0.15, 0.2) is 0 Å². The summed E-state index contributed by atoms with van der Waals surface area (Å²) in [7, 11) is 3.94. The van der Waals surface area contributed by atoms with E-state index in [-0.39, 0.29) is 5.82 Å². The van der Waals surface area contributed by atoms with Crippen LogP contribution in [0.4, 0.5) is 10.1 Å². The van der Waals surface area contributed by atoms with Crippen LogP contribution in [0.15, 0.2) is 30.6 Å². The molecule has 0 spiro atoms. The maximum atomic E-state index is 12.9. The molecule has 0 aliphatic carbocycles. The summed E-state index contributed by atoms with van der Waals surface area (Å²) in [5.74, 6) is 0.682. The van der Waals surface area contributed by atoms with Crippen molar-refractivity contribution in [1.29, 1.82) is 0 Å². The van der Waals surface area contributed by atoms with Gasteiger partial charge in [0, 0.05) is 31.7 Å². The van der Waals surface area contributed by atoms with Gasteiger partial charge in [-0.25, -0.2) is 9.37 Å². The molecule has 0 atom stereocenters. The lowest BCUT2D eigenvalue weighted by atomic mass is 10.1. The molecule has 96 valence electrons. The van der Waals surface area contributed by atoms with Crippen LogP contribution in [0.3, 0.4) is 0 Å². The highest BCUT2D eigenvalue weighted by molar-refractivity contribution is 5.46. The van der Waals surface area contributed by atoms with Crippen LogP contribution in [0.25, 0.3) is 0 Å². The highest BCUT2D eigenvalue weighted by atomic mass is 19.1. The first-order valence-electron chi connectivity index (χ1n) is 5.75. The molecular formula is C13H17FN4. The molecule has 0 aliphatic rings. The van der Waals surface area contributed by atoms with Crippen LogP contribution >= 0.6 is 0 Å². The van der Waals surface area contributed by atoms with Crippen molar-refractivity contribution in [3.8, 4) is 0 Å². The summed E-state index contributed by atoms with van der Waals surface area (Å²) in [5, 5.41) is 0. The van der Waals surface area contributed by atoms with E-state index < -0.39 is 0 Å². The topological polar surface area (TPSA) is 47.1 Å². The summed E-state index contributed by atoms with van der Waals surface area (Å²) < 4.78 is 14.9. The van der Waals surface area contributed by atoms with Crippen LogP contribution in [0.2, 0.25) is 0 Å². The van der Waals surface area contributed by atoms with Crippen LogP contribution in [-0.4, -0.2) is 21.5 Å². The molecule has 0 saturated carbocycles. The van der Waals surface area contributed by atoms with Crippen molar-refractivity contribution in [3.05, 3.63) is 47.8 Å². The number of rotatable bonds is 4. The van der Waals surface area contributed by atoms with E-state index in [1.165, 1.54) is 12.1 Å². The number of hydrogen-bond acceptors (Lipinski definition) is 3. The van der Waals surface area contributed by atoms with Crippen LogP contribution in [0.5, 0.6) is 0 Å². The summed E-state index contributed by atoms with van der Waals surface area (Å²) in [6.45, 7) is 1.39. The highest BCUT2D eigenvalue weighted by Gasteiger charge is 2.07. The number of hydrogen-bond donors (Lipinski definition) is 1. The number of halogens is 1. The molecule has 1 aromatic carbocycles. The maximum Gasteiger partial charge on any atom is 0.125 e. The molecular weight excluding hydrogens is 231 g/mol. The van der Waals surface area contributed by atoms with Gasteiger partial charge in [-0.15, -0.1) is 0 Å². The van der Waals surface area contributed by atoms with E-state index in [4.69, 9.17) is 5.73 Å². The third-order valence-corrected chi connectivity index (χ3v) is 2.88. The zero-order chi connectivity index (χ0) is 13.1. The number of nitrogens with two attached hydrogens (primary N) is 1. The molecule has 2 aromatic rings. The van der Waals surface area contributed by atoms with Gasteiger partial charge in [0.05, 0.1) is 6.54 Å². The molecule has 2 rings (SSSR count). The summed E-state index contributed by atoms with van der Waals surface area (Å²) in [5.41, 5.74) is 7.20. The number of imidazole rings is 1. The van der Waals surface area contributed by atoms with E-state index in [2.05, 4.69) is 9.88 Å². The largest absolute Gasteiger partial charge is 0.398 e. The van der Waals surface area contributed by atoms with Gasteiger partial charge in [0.25, 0.3) is 0 Å². The monoisotopic (exact) mass is 248 g/mol. The van der Waals surface area contributed by atoms with Gasteiger partial charge >= 0.3 is 0 Å². The minimum absolute atomic E-state index is 0.303. The molecule has 0 fully saturated rings. The zero-order valence-corrected chi connectivity index (χ0v) is 10.6. The van der Waals surface area contributed by atoms with E-state index in [1.54, 1.807) is 12.3 Å². The van der Waals surface area contributed by atoms with Crippen LogP contribution in [0.1, 0.15) is 11.4 Å². The van der Waals surface area contributed by atoms with Gasteiger partial charge in [0.2, 0.25) is 0 Å². The molecule has 0 radical (unpaired) electrons. The molecule has 4 nitrogen and oxygen atoms in total. The van der Waals surface area contributed by atoms with Crippen molar-refractivity contribution in [2.24, 2.45) is 7.05 Å². The van der Waals surface area contributed by atoms with Gasteiger partial charge in [-0.3, -0.25) is 4.90 Å². The number of nitrogens with zero attached hydrogens (tertiary/aromatic N) is 3. The van der Waals surface area contributed by atoms with Crippen molar-refractivity contribution in [3.63, 3.8) is 0 Å². The highest BCUT2D eigenvalue weighted by Crippen LogP contribution is 2.15. The van der Waals surface area contributed by atoms with Crippen LogP contribution in [-0.2, 0) is 20.1 Å². The van der Waals surface area contributed by atoms with Crippen molar-refractivity contribution < 1.29 is 4.39 Å². The first kappa shape index (κ1) is 12.6. The second-order valence-corrected chi connectivity index (χ2v) is 4.47. The second kappa shape index (κ2) is 5.18. The summed E-state index contributed by atoms with van der Waals surface area (Å²) in [6, 6.07) is 4.50. The van der Waals surface area contributed by atoms with Gasteiger partial charge in [-0.05, 0) is 24.7 Å². The van der Waals surface area contributed by atoms with Gasteiger partial charge < -0.3 is 10.3 Å². The molecule has 5 heteroatoms. The zero-order valence-electron chi connectivity index (χ0n) is 10.6. The fourth-order valence-corrected chi connectivity index (χ4v) is 1.85. The fraction of sp³-hybridized carbons (Fsp3) is 0.308. The predicted molar refractivity (Wildman–Crippen MR) is 69.2 cm³/mol. The quantitative estimate of drug-likeness (QED) is 0.839. The molecule has 18 heavy (non-hydrogen) atoms. The summed E-state index contributed by atoms with van der Waals surface area (Å²) in [4.78, 5) is 6.35. The number of anilines is 1. The molecule has 0 saturated heterocycles. The lowest BCUT2D eigenvalue weighted by Crippen LogP contribution is -2.20. The third-order valence-electron chi connectivity index (χ3n) is 2.88. The number of benzene rings is 1. The Labute approximate surface area is 106 Å². The number of aromatic nitrogens is 2. The van der Waals surface area contributed by atoms with E-state index in [1.807, 2.05) is 24.9 Å². The first-order chi connectivity index (χ1) is 8.56. The SMILES string of the molecule is CN(Cc1ccc(F)cc1N)Cc1nccn1C. The Hall–Kier alpha value is -1.88. The minimum atomic E-state index is -0.303. The Morgan fingerprint density at radius 1 is 1.39 bits per heavy atom. The average molecular weight is 248 g/mol. The molecule has 0 bridgehead atoms. The van der Waals surface area contributed by atoms with E-state index in [0.717, 1.165) is 17.9 Å². The second-order valence-electron chi connectivity index (χ2n) is 4.47. The molecule has 2 N–H and O–H groups in total. The summed E-state index contributed by atoms with van der Waals surface area (Å²) >= 11 is 0. The molecule has 0 unspecified atom stereocenters. The predicted octanol–water partition coefficient (Wildman–Crippen LogP) is 1.77. The first-order valence-corrected chi connectivity index (χ1v) is 5.75. The van der Waals surface area contributed by atoms with E-state index in [9.17, 15) is 4.39 Å². The van der Waals surface area contributed by atoms with Crippen molar-refractivity contribution in [2.45, 2.75) is 13.1 Å². The maximum absolute atomic E-state index is 12.9. The smallest absolute Gasteiger partial charge is 0.125 e. The minimum Gasteiger partial charge on any atom is -0.398 e. The molecule has 0 aliphatic heterocycles. The van der Waals surface area contributed by atoms with Crippen LogP contribution < -0.4 is 5.73 Å². The lowest BCUT2D eigenvalue weighted by molar-refractivity contribution is 0.307. The van der Waals surface area contributed by atoms with Gasteiger partial charge in [0.1, 0.15) is 11.6 Å². The van der Waals surface area contributed by atoms with Crippen molar-refractivity contribution in [1.82, 2.24) is 14.5 Å². The normalized spacial score (nSPS) is 11.1. The van der Waals surface area contributed by atoms with Crippen molar-refractivity contribution >= 4 is 5.69 Å². The Kier molecular flexibility index (Phi) is 3.62. The van der Waals surface area contributed by atoms with Gasteiger partial charge in [-0.1, -0.05) is 6.07 Å². The summed E-state index contributed by atoms with van der Waals surface area (Å²) in [6.07, 6.45) is 3.69. The Bertz CT molecular complexity index is 536. The molecule has 1 heterocycles.